The molecule has 0 radical (unpaired) electrons. The number of nitrogens with two attached hydrogens (primary N) is 1. The number of ether oxygens (including phenoxy) is 1. The molecule has 3 saturated carbocycles. The van der Waals surface area contributed by atoms with E-state index in [1.165, 1.54) is 57.8 Å². The Balaban J connectivity index is 1.44. The minimum Gasteiger partial charge on any atom is -0.375 e. The van der Waals surface area contributed by atoms with Crippen LogP contribution < -0.4 is 11.3 Å². The first-order valence-electron chi connectivity index (χ1n) is 8.43. The molecule has 3 nitrogen and oxygen atoms in total. The second-order valence-corrected chi connectivity index (χ2v) is 7.52. The van der Waals surface area contributed by atoms with E-state index in [0.717, 1.165) is 30.3 Å². The third-order valence-electron chi connectivity index (χ3n) is 6.63. The predicted octanol–water partition coefficient (Wildman–Crippen LogP) is 2.60. The Hall–Kier alpha value is -0.120. The van der Waals surface area contributed by atoms with Gasteiger partial charge < -0.3 is 4.74 Å². The summed E-state index contributed by atoms with van der Waals surface area (Å²) in [4.78, 5) is 0. The zero-order valence-electron chi connectivity index (χ0n) is 11.9. The van der Waals surface area contributed by atoms with Crippen LogP contribution in [0.25, 0.3) is 0 Å². The fourth-order valence-corrected chi connectivity index (χ4v) is 5.43. The van der Waals surface area contributed by atoms with E-state index in [9.17, 15) is 0 Å². The lowest BCUT2D eigenvalue weighted by Crippen LogP contribution is -2.52. The Morgan fingerprint density at radius 1 is 1.05 bits per heavy atom. The van der Waals surface area contributed by atoms with Crippen molar-refractivity contribution in [3.8, 4) is 0 Å². The van der Waals surface area contributed by atoms with Crippen LogP contribution in [0.2, 0.25) is 0 Å². The number of hydrogen-bond donors (Lipinski definition) is 2. The lowest BCUT2D eigenvalue weighted by molar-refractivity contribution is -0.148. The summed E-state index contributed by atoms with van der Waals surface area (Å²) in [6, 6.07) is 0.564. The van der Waals surface area contributed by atoms with Gasteiger partial charge in [-0.1, -0.05) is 12.8 Å². The zero-order chi connectivity index (χ0) is 12.9. The van der Waals surface area contributed by atoms with Crippen LogP contribution in [-0.4, -0.2) is 18.2 Å². The van der Waals surface area contributed by atoms with Crippen LogP contribution in [0.5, 0.6) is 0 Å². The average Bonchev–Trinajstić information content (AvgIpc) is 3.13. The van der Waals surface area contributed by atoms with Gasteiger partial charge in [0, 0.05) is 12.6 Å². The van der Waals surface area contributed by atoms with Crippen LogP contribution >= 0.6 is 0 Å². The third-order valence-corrected chi connectivity index (χ3v) is 6.63. The number of hydrazine groups is 1. The average molecular weight is 264 g/mol. The molecule has 0 bridgehead atoms. The fraction of sp³-hybridized carbons (Fsp3) is 1.00. The van der Waals surface area contributed by atoms with E-state index >= 15 is 0 Å². The van der Waals surface area contributed by atoms with Gasteiger partial charge in [-0.2, -0.15) is 0 Å². The first kappa shape index (κ1) is 12.6. The van der Waals surface area contributed by atoms with E-state index < -0.39 is 0 Å². The number of fused-ring (bicyclic) bond motifs is 1. The lowest BCUT2D eigenvalue weighted by atomic mass is 9.69. The smallest absolute Gasteiger partial charge is 0.0685 e. The van der Waals surface area contributed by atoms with Gasteiger partial charge in [0.2, 0.25) is 0 Å². The van der Waals surface area contributed by atoms with Crippen molar-refractivity contribution >= 4 is 0 Å². The molecule has 0 aromatic carbocycles. The van der Waals surface area contributed by atoms with Crippen LogP contribution in [0.3, 0.4) is 0 Å². The molecular formula is C16H28N2O. The van der Waals surface area contributed by atoms with Gasteiger partial charge in [-0.3, -0.25) is 11.3 Å². The van der Waals surface area contributed by atoms with E-state index in [2.05, 4.69) is 5.43 Å². The summed E-state index contributed by atoms with van der Waals surface area (Å²) in [5.41, 5.74) is 3.48. The highest BCUT2D eigenvalue weighted by Gasteiger charge is 2.56. The van der Waals surface area contributed by atoms with Crippen molar-refractivity contribution < 1.29 is 4.74 Å². The first-order valence-corrected chi connectivity index (χ1v) is 8.43. The molecule has 1 aliphatic heterocycles. The highest BCUT2D eigenvalue weighted by Crippen LogP contribution is 2.59. The molecule has 19 heavy (non-hydrogen) atoms. The molecule has 1 heterocycles. The van der Waals surface area contributed by atoms with Crippen LogP contribution in [0.1, 0.15) is 57.8 Å². The molecule has 4 unspecified atom stereocenters. The summed E-state index contributed by atoms with van der Waals surface area (Å²) in [6.07, 6.45) is 12.2. The van der Waals surface area contributed by atoms with Crippen molar-refractivity contribution in [1.29, 1.82) is 0 Å². The quantitative estimate of drug-likeness (QED) is 0.608. The summed E-state index contributed by atoms with van der Waals surface area (Å²) in [5.74, 6) is 9.59. The Morgan fingerprint density at radius 3 is 2.37 bits per heavy atom. The van der Waals surface area contributed by atoms with Gasteiger partial charge >= 0.3 is 0 Å². The Kier molecular flexibility index (Phi) is 3.13. The molecule has 3 aliphatic carbocycles. The number of nitrogens with one attached hydrogen (secondary N) is 1. The van der Waals surface area contributed by atoms with Crippen LogP contribution in [0, 0.1) is 23.7 Å². The van der Waals surface area contributed by atoms with Crippen molar-refractivity contribution in [3.63, 3.8) is 0 Å². The van der Waals surface area contributed by atoms with Crippen LogP contribution in [-0.2, 0) is 4.74 Å². The van der Waals surface area contributed by atoms with Gasteiger partial charge in [0.05, 0.1) is 5.60 Å². The highest BCUT2D eigenvalue weighted by atomic mass is 16.5. The Morgan fingerprint density at radius 2 is 1.79 bits per heavy atom. The third kappa shape index (κ3) is 2.05. The molecule has 4 aliphatic rings. The number of rotatable bonds is 3. The van der Waals surface area contributed by atoms with Crippen molar-refractivity contribution in [2.45, 2.75) is 69.4 Å². The minimum atomic E-state index is 0.262. The largest absolute Gasteiger partial charge is 0.375 e. The van der Waals surface area contributed by atoms with Crippen LogP contribution in [0.4, 0.5) is 0 Å². The summed E-state index contributed by atoms with van der Waals surface area (Å²) in [6.45, 7) is 0.963. The molecule has 3 N–H and O–H groups in total. The summed E-state index contributed by atoms with van der Waals surface area (Å²) in [7, 11) is 0. The van der Waals surface area contributed by atoms with E-state index in [1.807, 2.05) is 0 Å². The molecule has 1 spiro atoms. The van der Waals surface area contributed by atoms with Gasteiger partial charge in [-0.05, 0) is 68.6 Å². The summed E-state index contributed by atoms with van der Waals surface area (Å²) in [5, 5.41) is 0. The first-order chi connectivity index (χ1) is 9.33. The second kappa shape index (κ2) is 4.71. The van der Waals surface area contributed by atoms with Crippen molar-refractivity contribution in [2.75, 3.05) is 6.61 Å². The maximum absolute atomic E-state index is 6.08. The number of hydrogen-bond acceptors (Lipinski definition) is 3. The van der Waals surface area contributed by atoms with Gasteiger partial charge in [0.15, 0.2) is 0 Å². The van der Waals surface area contributed by atoms with Crippen molar-refractivity contribution in [2.24, 2.45) is 29.5 Å². The van der Waals surface area contributed by atoms with E-state index in [4.69, 9.17) is 10.6 Å². The van der Waals surface area contributed by atoms with Gasteiger partial charge in [-0.25, -0.2) is 0 Å². The summed E-state index contributed by atoms with van der Waals surface area (Å²) < 4.78 is 6.08. The molecule has 4 fully saturated rings. The predicted molar refractivity (Wildman–Crippen MR) is 75.3 cm³/mol. The Bertz CT molecular complexity index is 330. The van der Waals surface area contributed by atoms with E-state index in [-0.39, 0.29) is 5.60 Å². The molecule has 4 atom stereocenters. The van der Waals surface area contributed by atoms with Crippen molar-refractivity contribution in [1.82, 2.24) is 5.43 Å². The standard InChI is InChI=1S/C16H28N2O/c17-18-15(14-12-4-1-2-5-13(12)14)11-6-9-19-16(10-11)7-3-8-16/h11-15,18H,1-10,17H2. The maximum atomic E-state index is 6.08. The normalized spacial score (nSPS) is 45.3. The molecule has 3 heteroatoms. The van der Waals surface area contributed by atoms with Gasteiger partial charge in [0.1, 0.15) is 0 Å². The fourth-order valence-electron chi connectivity index (χ4n) is 5.43. The lowest BCUT2D eigenvalue weighted by Gasteiger charge is -2.49. The maximum Gasteiger partial charge on any atom is 0.0685 e. The van der Waals surface area contributed by atoms with Crippen molar-refractivity contribution in [3.05, 3.63) is 0 Å². The molecule has 0 aromatic heterocycles. The van der Waals surface area contributed by atoms with Gasteiger partial charge in [0.25, 0.3) is 0 Å². The van der Waals surface area contributed by atoms with Crippen LogP contribution in [0.15, 0.2) is 0 Å². The molecule has 1 saturated heterocycles. The summed E-state index contributed by atoms with van der Waals surface area (Å²) >= 11 is 0. The van der Waals surface area contributed by atoms with E-state index in [0.29, 0.717) is 6.04 Å². The topological polar surface area (TPSA) is 47.3 Å². The zero-order valence-corrected chi connectivity index (χ0v) is 11.9. The SMILES string of the molecule is NNC(C1CCOC2(CCC2)C1)C1C2CCCCC21. The van der Waals surface area contributed by atoms with Gasteiger partial charge in [-0.15, -0.1) is 0 Å². The second-order valence-electron chi connectivity index (χ2n) is 7.52. The molecule has 0 amide bonds. The molecule has 108 valence electrons. The molecule has 4 rings (SSSR count). The highest BCUT2D eigenvalue weighted by molar-refractivity contribution is 5.07. The Labute approximate surface area is 116 Å². The minimum absolute atomic E-state index is 0.262. The van der Waals surface area contributed by atoms with E-state index in [1.54, 1.807) is 0 Å². The molecular weight excluding hydrogens is 236 g/mol. The molecule has 0 aromatic rings. The monoisotopic (exact) mass is 264 g/mol.